The minimum atomic E-state index is 0.164. The van der Waals surface area contributed by atoms with Gasteiger partial charge in [0.1, 0.15) is 11.5 Å². The van der Waals surface area contributed by atoms with Crippen molar-refractivity contribution in [3.05, 3.63) is 35.4 Å². The Hall–Kier alpha value is -1.52. The number of phenolic OH excluding ortho intramolecular Hbond substituents is 1. The summed E-state index contributed by atoms with van der Waals surface area (Å²) in [5.74, 6) is 0.732. The predicted octanol–water partition coefficient (Wildman–Crippen LogP) is 3.00. The molecule has 1 atom stereocenters. The lowest BCUT2D eigenvalue weighted by molar-refractivity contribution is 0.196. The zero-order valence-corrected chi connectivity index (χ0v) is 12.8. The summed E-state index contributed by atoms with van der Waals surface area (Å²) in [4.78, 5) is 0. The molecule has 0 heterocycles. The van der Waals surface area contributed by atoms with Crippen LogP contribution < -0.4 is 5.32 Å². The summed E-state index contributed by atoms with van der Waals surface area (Å²) in [5, 5.41) is 13.5. The highest BCUT2D eigenvalue weighted by molar-refractivity contribution is 5.66. The quantitative estimate of drug-likeness (QED) is 0.567. The van der Waals surface area contributed by atoms with Crippen molar-refractivity contribution in [2.24, 2.45) is 0 Å². The summed E-state index contributed by atoms with van der Waals surface area (Å²) < 4.78 is 10.4. The molecule has 0 aliphatic carbocycles. The van der Waals surface area contributed by atoms with Gasteiger partial charge in [0.2, 0.25) is 0 Å². The molecule has 0 fully saturated rings. The van der Waals surface area contributed by atoms with Crippen molar-refractivity contribution < 1.29 is 14.6 Å². The van der Waals surface area contributed by atoms with E-state index < -0.39 is 0 Å². The number of hydrogen-bond donors (Lipinski definition) is 2. The van der Waals surface area contributed by atoms with E-state index in [1.165, 1.54) is 0 Å². The number of benzene rings is 1. The highest BCUT2D eigenvalue weighted by Crippen LogP contribution is 2.31. The molecule has 4 nitrogen and oxygen atoms in total. The van der Waals surface area contributed by atoms with Crippen LogP contribution in [-0.4, -0.2) is 32.0 Å². The second kappa shape index (κ2) is 7.92. The van der Waals surface area contributed by atoms with E-state index in [1.54, 1.807) is 7.11 Å². The summed E-state index contributed by atoms with van der Waals surface area (Å²) in [6.07, 6.45) is 0. The number of phenols is 1. The van der Waals surface area contributed by atoms with Gasteiger partial charge in [-0.2, -0.15) is 0 Å². The molecule has 0 aliphatic heterocycles. The fourth-order valence-electron chi connectivity index (χ4n) is 2.02. The van der Waals surface area contributed by atoms with Crippen molar-refractivity contribution in [1.29, 1.82) is 0 Å². The number of hydrogen-bond acceptors (Lipinski definition) is 4. The zero-order valence-electron chi connectivity index (χ0n) is 12.8. The van der Waals surface area contributed by atoms with Crippen LogP contribution in [0.5, 0.6) is 5.75 Å². The molecule has 1 rings (SSSR count). The highest BCUT2D eigenvalue weighted by atomic mass is 16.5. The molecule has 112 valence electrons. The molecule has 2 N–H and O–H groups in total. The topological polar surface area (TPSA) is 50.7 Å². The first-order valence-electron chi connectivity index (χ1n) is 6.89. The van der Waals surface area contributed by atoms with Crippen LogP contribution in [0.25, 0.3) is 5.76 Å². The van der Waals surface area contributed by atoms with Crippen molar-refractivity contribution in [3.8, 4) is 5.75 Å². The number of nitrogens with one attached hydrogen (secondary N) is 1. The second-order valence-electron chi connectivity index (χ2n) is 4.76. The Morgan fingerprint density at radius 3 is 2.75 bits per heavy atom. The van der Waals surface area contributed by atoms with Crippen LogP contribution in [-0.2, 0) is 9.47 Å². The average molecular weight is 279 g/mol. The zero-order chi connectivity index (χ0) is 15.1. The molecule has 0 amide bonds. The molecule has 4 heteroatoms. The van der Waals surface area contributed by atoms with E-state index in [9.17, 15) is 5.11 Å². The van der Waals surface area contributed by atoms with Gasteiger partial charge in [-0.3, -0.25) is 0 Å². The number of rotatable bonds is 8. The largest absolute Gasteiger partial charge is 0.507 e. The molecule has 1 aromatic carbocycles. The van der Waals surface area contributed by atoms with E-state index in [0.717, 1.165) is 17.7 Å². The summed E-state index contributed by atoms with van der Waals surface area (Å²) in [7, 11) is 1.68. The van der Waals surface area contributed by atoms with Gasteiger partial charge in [0.05, 0.1) is 18.8 Å². The van der Waals surface area contributed by atoms with Crippen LogP contribution in [0.15, 0.2) is 18.7 Å². The highest BCUT2D eigenvalue weighted by Gasteiger charge is 2.14. The van der Waals surface area contributed by atoms with Crippen LogP contribution >= 0.6 is 0 Å². The monoisotopic (exact) mass is 279 g/mol. The number of aryl methyl sites for hydroxylation is 1. The van der Waals surface area contributed by atoms with Gasteiger partial charge in [-0.05, 0) is 38.0 Å². The molecule has 0 bridgehead atoms. The van der Waals surface area contributed by atoms with Gasteiger partial charge in [0.25, 0.3) is 0 Å². The maximum atomic E-state index is 10.1. The Bertz CT molecular complexity index is 457. The van der Waals surface area contributed by atoms with Gasteiger partial charge in [-0.1, -0.05) is 12.6 Å². The van der Waals surface area contributed by atoms with Gasteiger partial charge in [0, 0.05) is 19.7 Å². The second-order valence-corrected chi connectivity index (χ2v) is 4.76. The SMILES string of the molecule is C=C(OCC)c1cc(C(C)NCCOC)cc(C)c1O. The van der Waals surface area contributed by atoms with E-state index in [2.05, 4.69) is 18.8 Å². The lowest BCUT2D eigenvalue weighted by Crippen LogP contribution is -2.23. The Morgan fingerprint density at radius 2 is 2.15 bits per heavy atom. The third-order valence-electron chi connectivity index (χ3n) is 3.20. The van der Waals surface area contributed by atoms with Crippen LogP contribution in [0.1, 0.15) is 36.6 Å². The lowest BCUT2D eigenvalue weighted by atomic mass is 9.99. The lowest BCUT2D eigenvalue weighted by Gasteiger charge is -2.18. The molecule has 0 aliphatic rings. The molecule has 1 aromatic rings. The van der Waals surface area contributed by atoms with Crippen molar-refractivity contribution in [2.75, 3.05) is 26.9 Å². The molecular weight excluding hydrogens is 254 g/mol. The van der Waals surface area contributed by atoms with Crippen LogP contribution in [0, 0.1) is 6.92 Å². The summed E-state index contributed by atoms with van der Waals surface area (Å²) >= 11 is 0. The number of ether oxygens (including phenoxy) is 2. The minimum absolute atomic E-state index is 0.164. The van der Waals surface area contributed by atoms with E-state index in [1.807, 2.05) is 26.0 Å². The van der Waals surface area contributed by atoms with E-state index in [4.69, 9.17) is 9.47 Å². The molecule has 20 heavy (non-hydrogen) atoms. The van der Waals surface area contributed by atoms with Crippen LogP contribution in [0.4, 0.5) is 0 Å². The smallest absolute Gasteiger partial charge is 0.129 e. The predicted molar refractivity (Wildman–Crippen MR) is 81.8 cm³/mol. The molecular formula is C16H25NO3. The van der Waals surface area contributed by atoms with Gasteiger partial charge < -0.3 is 19.9 Å². The molecule has 0 spiro atoms. The first-order valence-corrected chi connectivity index (χ1v) is 6.89. The van der Waals surface area contributed by atoms with E-state index >= 15 is 0 Å². The molecule has 0 saturated heterocycles. The number of methoxy groups -OCH3 is 1. The fourth-order valence-corrected chi connectivity index (χ4v) is 2.02. The summed E-state index contributed by atoms with van der Waals surface area (Å²) in [6.45, 7) is 11.7. The minimum Gasteiger partial charge on any atom is -0.507 e. The maximum absolute atomic E-state index is 10.1. The van der Waals surface area contributed by atoms with Crippen molar-refractivity contribution in [2.45, 2.75) is 26.8 Å². The third kappa shape index (κ3) is 4.25. The average Bonchev–Trinajstić information content (AvgIpc) is 2.42. The Balaban J connectivity index is 2.95. The van der Waals surface area contributed by atoms with Gasteiger partial charge in [0.15, 0.2) is 0 Å². The van der Waals surface area contributed by atoms with Crippen molar-refractivity contribution in [3.63, 3.8) is 0 Å². The van der Waals surface area contributed by atoms with Crippen LogP contribution in [0.3, 0.4) is 0 Å². The van der Waals surface area contributed by atoms with Gasteiger partial charge in [-0.25, -0.2) is 0 Å². The first-order chi connectivity index (χ1) is 9.51. The molecule has 1 unspecified atom stereocenters. The van der Waals surface area contributed by atoms with Crippen LogP contribution in [0.2, 0.25) is 0 Å². The molecule has 0 aromatic heterocycles. The Morgan fingerprint density at radius 1 is 1.45 bits per heavy atom. The third-order valence-corrected chi connectivity index (χ3v) is 3.20. The standard InChI is InChI=1S/C16H25NO3/c1-6-20-13(4)15-10-14(9-11(2)16(15)18)12(3)17-7-8-19-5/h9-10,12,17-18H,4,6-8H2,1-3,5H3. The Kier molecular flexibility index (Phi) is 6.55. The first kappa shape index (κ1) is 16.5. The molecule has 0 radical (unpaired) electrons. The summed E-state index contributed by atoms with van der Waals surface area (Å²) in [6, 6.07) is 4.06. The fraction of sp³-hybridized carbons (Fsp3) is 0.500. The van der Waals surface area contributed by atoms with E-state index in [0.29, 0.717) is 24.5 Å². The van der Waals surface area contributed by atoms with E-state index in [-0.39, 0.29) is 11.8 Å². The Labute approximate surface area is 121 Å². The normalized spacial score (nSPS) is 12.2. The van der Waals surface area contributed by atoms with Crippen molar-refractivity contribution >= 4 is 5.76 Å². The van der Waals surface area contributed by atoms with Crippen molar-refractivity contribution in [1.82, 2.24) is 5.32 Å². The van der Waals surface area contributed by atoms with Gasteiger partial charge >= 0.3 is 0 Å². The van der Waals surface area contributed by atoms with Gasteiger partial charge in [-0.15, -0.1) is 0 Å². The summed E-state index contributed by atoms with van der Waals surface area (Å²) in [5.41, 5.74) is 2.56. The number of aromatic hydroxyl groups is 1. The molecule has 0 saturated carbocycles. The maximum Gasteiger partial charge on any atom is 0.129 e.